The minimum Gasteiger partial charge on any atom is -0.308 e. The second-order valence-corrected chi connectivity index (χ2v) is 6.27. The van der Waals surface area contributed by atoms with E-state index in [1.807, 2.05) is 6.20 Å². The summed E-state index contributed by atoms with van der Waals surface area (Å²) in [6.45, 7) is 5.77. The van der Waals surface area contributed by atoms with Crippen LogP contribution in [0.25, 0.3) is 0 Å². The highest BCUT2D eigenvalue weighted by Crippen LogP contribution is 2.35. The second-order valence-electron chi connectivity index (χ2n) is 5.34. The Balaban J connectivity index is 1.82. The Hall–Kier alpha value is -0.410. The van der Waals surface area contributed by atoms with Crippen LogP contribution in [0.4, 0.5) is 0 Å². The molecule has 1 heterocycles. The maximum atomic E-state index is 4.36. The van der Waals surface area contributed by atoms with Crippen molar-refractivity contribution in [2.45, 2.75) is 52.0 Å². The monoisotopic (exact) mass is 238 g/mol. The van der Waals surface area contributed by atoms with Crippen LogP contribution in [0.3, 0.4) is 0 Å². The molecule has 1 aromatic rings. The van der Waals surface area contributed by atoms with E-state index in [4.69, 9.17) is 0 Å². The van der Waals surface area contributed by atoms with Crippen molar-refractivity contribution in [2.24, 2.45) is 5.41 Å². The Morgan fingerprint density at radius 1 is 1.44 bits per heavy atom. The van der Waals surface area contributed by atoms with E-state index >= 15 is 0 Å². The molecule has 3 heteroatoms. The topological polar surface area (TPSA) is 24.9 Å². The van der Waals surface area contributed by atoms with Crippen molar-refractivity contribution in [1.29, 1.82) is 0 Å². The molecule has 1 aliphatic carbocycles. The molecule has 1 unspecified atom stereocenters. The van der Waals surface area contributed by atoms with E-state index in [9.17, 15) is 0 Å². The predicted molar refractivity (Wildman–Crippen MR) is 69.7 cm³/mol. The summed E-state index contributed by atoms with van der Waals surface area (Å²) in [4.78, 5) is 4.36. The smallest absolute Gasteiger partial charge is 0.109 e. The maximum Gasteiger partial charge on any atom is 0.109 e. The van der Waals surface area contributed by atoms with E-state index in [0.29, 0.717) is 11.5 Å². The first-order valence-corrected chi connectivity index (χ1v) is 7.20. The number of thiazole rings is 1. The van der Waals surface area contributed by atoms with Gasteiger partial charge >= 0.3 is 0 Å². The first kappa shape index (κ1) is 12.1. The van der Waals surface area contributed by atoms with Gasteiger partial charge in [-0.15, -0.1) is 11.3 Å². The summed E-state index contributed by atoms with van der Waals surface area (Å²) in [6, 6.07) is 0.402. The predicted octanol–water partition coefficient (Wildman–Crippen LogP) is 3.76. The van der Waals surface area contributed by atoms with Crippen LogP contribution >= 0.6 is 11.3 Å². The Kier molecular flexibility index (Phi) is 3.98. The largest absolute Gasteiger partial charge is 0.308 e. The van der Waals surface area contributed by atoms with Gasteiger partial charge in [0, 0.05) is 18.1 Å². The average molecular weight is 238 g/mol. The van der Waals surface area contributed by atoms with E-state index in [0.717, 1.165) is 6.54 Å². The SMILES string of the molecule is CC(NCC1(C)CCCCC1)c1nccs1. The highest BCUT2D eigenvalue weighted by molar-refractivity contribution is 7.09. The molecule has 0 spiro atoms. The molecule has 0 saturated heterocycles. The van der Waals surface area contributed by atoms with E-state index in [2.05, 4.69) is 29.5 Å². The maximum absolute atomic E-state index is 4.36. The quantitative estimate of drug-likeness (QED) is 0.864. The third-order valence-electron chi connectivity index (χ3n) is 3.72. The molecule has 0 aromatic carbocycles. The summed E-state index contributed by atoms with van der Waals surface area (Å²) in [5.74, 6) is 0. The fraction of sp³-hybridized carbons (Fsp3) is 0.769. The number of nitrogens with one attached hydrogen (secondary N) is 1. The van der Waals surface area contributed by atoms with Gasteiger partial charge in [-0.05, 0) is 25.2 Å². The molecule has 1 aromatic heterocycles. The minimum absolute atomic E-state index is 0.402. The van der Waals surface area contributed by atoms with Gasteiger partial charge in [0.2, 0.25) is 0 Å². The van der Waals surface area contributed by atoms with Crippen LogP contribution in [0.2, 0.25) is 0 Å². The van der Waals surface area contributed by atoms with Crippen molar-refractivity contribution < 1.29 is 0 Å². The molecule has 1 aliphatic rings. The van der Waals surface area contributed by atoms with E-state index < -0.39 is 0 Å². The third-order valence-corrected chi connectivity index (χ3v) is 4.68. The van der Waals surface area contributed by atoms with Crippen LogP contribution in [0.1, 0.15) is 57.0 Å². The first-order valence-electron chi connectivity index (χ1n) is 6.32. The molecule has 2 nitrogen and oxygen atoms in total. The molecular weight excluding hydrogens is 216 g/mol. The van der Waals surface area contributed by atoms with Crippen LogP contribution in [0, 0.1) is 5.41 Å². The van der Waals surface area contributed by atoms with Crippen molar-refractivity contribution in [1.82, 2.24) is 10.3 Å². The molecule has 2 rings (SSSR count). The Labute approximate surface area is 102 Å². The molecule has 0 aliphatic heterocycles. The van der Waals surface area contributed by atoms with Crippen molar-refractivity contribution in [3.63, 3.8) is 0 Å². The van der Waals surface area contributed by atoms with Gasteiger partial charge in [0.05, 0.1) is 6.04 Å². The zero-order valence-corrected chi connectivity index (χ0v) is 11.1. The van der Waals surface area contributed by atoms with Crippen LogP contribution < -0.4 is 5.32 Å². The Morgan fingerprint density at radius 2 is 2.19 bits per heavy atom. The Bertz CT molecular complexity index is 302. The highest BCUT2D eigenvalue weighted by atomic mass is 32.1. The van der Waals surface area contributed by atoms with Gasteiger partial charge in [-0.1, -0.05) is 26.2 Å². The van der Waals surface area contributed by atoms with Gasteiger partial charge in [-0.3, -0.25) is 0 Å². The fourth-order valence-corrected chi connectivity index (χ4v) is 3.19. The molecule has 0 amide bonds. The van der Waals surface area contributed by atoms with Crippen molar-refractivity contribution in [2.75, 3.05) is 6.54 Å². The minimum atomic E-state index is 0.402. The zero-order chi connectivity index (χ0) is 11.4. The molecular formula is C13H22N2S. The number of nitrogens with zero attached hydrogens (tertiary/aromatic N) is 1. The lowest BCUT2D eigenvalue weighted by atomic mass is 9.75. The van der Waals surface area contributed by atoms with Gasteiger partial charge in [-0.25, -0.2) is 4.98 Å². The number of rotatable bonds is 4. The second kappa shape index (κ2) is 5.28. The standard InChI is InChI=1S/C13H22N2S/c1-11(12-14-8-9-16-12)15-10-13(2)6-4-3-5-7-13/h8-9,11,15H,3-7,10H2,1-2H3. The van der Waals surface area contributed by atoms with Gasteiger partial charge in [0.25, 0.3) is 0 Å². The van der Waals surface area contributed by atoms with Crippen molar-refractivity contribution >= 4 is 11.3 Å². The number of hydrogen-bond acceptors (Lipinski definition) is 3. The van der Waals surface area contributed by atoms with E-state index in [1.54, 1.807) is 11.3 Å². The summed E-state index contributed by atoms with van der Waals surface area (Å²) < 4.78 is 0. The summed E-state index contributed by atoms with van der Waals surface area (Å²) in [7, 11) is 0. The third kappa shape index (κ3) is 3.05. The van der Waals surface area contributed by atoms with Gasteiger partial charge in [-0.2, -0.15) is 0 Å². The summed E-state index contributed by atoms with van der Waals surface area (Å²) in [5, 5.41) is 6.90. The van der Waals surface area contributed by atoms with E-state index in [-0.39, 0.29) is 0 Å². The number of aromatic nitrogens is 1. The molecule has 1 saturated carbocycles. The van der Waals surface area contributed by atoms with Crippen LogP contribution in [-0.2, 0) is 0 Å². The van der Waals surface area contributed by atoms with Crippen molar-refractivity contribution in [3.05, 3.63) is 16.6 Å². The molecule has 16 heavy (non-hydrogen) atoms. The first-order chi connectivity index (χ1) is 7.70. The molecule has 0 radical (unpaired) electrons. The summed E-state index contributed by atoms with van der Waals surface area (Å²) >= 11 is 1.74. The van der Waals surface area contributed by atoms with Gasteiger partial charge in [0.1, 0.15) is 5.01 Å². The van der Waals surface area contributed by atoms with Crippen molar-refractivity contribution in [3.8, 4) is 0 Å². The molecule has 90 valence electrons. The Morgan fingerprint density at radius 3 is 2.81 bits per heavy atom. The summed E-state index contributed by atoms with van der Waals surface area (Å²) in [5.41, 5.74) is 0.518. The molecule has 0 bridgehead atoms. The molecule has 1 atom stereocenters. The molecule has 1 N–H and O–H groups in total. The number of hydrogen-bond donors (Lipinski definition) is 1. The van der Waals surface area contributed by atoms with Crippen LogP contribution in [-0.4, -0.2) is 11.5 Å². The van der Waals surface area contributed by atoms with Crippen LogP contribution in [0.5, 0.6) is 0 Å². The molecule has 1 fully saturated rings. The lowest BCUT2D eigenvalue weighted by Gasteiger charge is -2.34. The normalized spacial score (nSPS) is 21.9. The van der Waals surface area contributed by atoms with Gasteiger partial charge in [0.15, 0.2) is 0 Å². The van der Waals surface area contributed by atoms with Gasteiger partial charge < -0.3 is 5.32 Å². The zero-order valence-electron chi connectivity index (χ0n) is 10.3. The lowest BCUT2D eigenvalue weighted by molar-refractivity contribution is 0.202. The van der Waals surface area contributed by atoms with E-state index in [1.165, 1.54) is 37.1 Å². The average Bonchev–Trinajstić information content (AvgIpc) is 2.80. The lowest BCUT2D eigenvalue weighted by Crippen LogP contribution is -2.34. The van der Waals surface area contributed by atoms with Crippen LogP contribution in [0.15, 0.2) is 11.6 Å². The highest BCUT2D eigenvalue weighted by Gasteiger charge is 2.27. The fourth-order valence-electron chi connectivity index (χ4n) is 2.52. The summed E-state index contributed by atoms with van der Waals surface area (Å²) in [6.07, 6.45) is 8.89.